The van der Waals surface area contributed by atoms with E-state index in [0.717, 1.165) is 0 Å². The van der Waals surface area contributed by atoms with Gasteiger partial charge in [0, 0.05) is 6.42 Å². The molecule has 0 rings (SSSR count). The molecule has 0 heterocycles. The number of rotatable bonds is 6. The van der Waals surface area contributed by atoms with Crippen LogP contribution in [0.5, 0.6) is 0 Å². The molecule has 0 aromatic heterocycles. The van der Waals surface area contributed by atoms with Gasteiger partial charge in [-0.05, 0) is 0 Å². The Morgan fingerprint density at radius 2 is 1.67 bits per heavy atom. The molecule has 3 nitrogen and oxygen atoms in total. The van der Waals surface area contributed by atoms with Crippen LogP contribution in [0.15, 0.2) is 0 Å². The van der Waals surface area contributed by atoms with Crippen molar-refractivity contribution in [3.63, 3.8) is 0 Å². The monoisotopic (exact) mass is 238 g/mol. The van der Waals surface area contributed by atoms with Gasteiger partial charge in [0.15, 0.2) is 0 Å². The molecule has 0 aromatic carbocycles. The first kappa shape index (κ1) is 14.5. The van der Waals surface area contributed by atoms with Gasteiger partial charge in [0.25, 0.3) is 0 Å². The smallest absolute Gasteiger partial charge is 0.394 e. The third-order valence-electron chi connectivity index (χ3n) is 1.50. The topological polar surface area (TPSA) is 49.7 Å². The van der Waals surface area contributed by atoms with Crippen LogP contribution in [0.3, 0.4) is 0 Å². The lowest BCUT2D eigenvalue weighted by Crippen LogP contribution is -2.37. The van der Waals surface area contributed by atoms with Crippen molar-refractivity contribution in [1.82, 2.24) is 0 Å². The molecule has 0 aromatic rings. The Labute approximate surface area is 82.5 Å². The summed E-state index contributed by atoms with van der Waals surface area (Å²) in [6, 6.07) is 0. The average Bonchev–Trinajstić information content (AvgIpc) is 2.10. The fourth-order valence-electron chi connectivity index (χ4n) is 0.614. The van der Waals surface area contributed by atoms with Crippen molar-refractivity contribution in [3.8, 4) is 0 Å². The largest absolute Gasteiger partial charge is 0.453 e. The minimum Gasteiger partial charge on any atom is -0.394 e. The Balaban J connectivity index is 3.77. The van der Waals surface area contributed by atoms with Crippen LogP contribution in [-0.4, -0.2) is 48.2 Å². The van der Waals surface area contributed by atoms with E-state index in [9.17, 15) is 22.0 Å². The van der Waals surface area contributed by atoms with E-state index in [-0.39, 0.29) is 0 Å². The van der Waals surface area contributed by atoms with Gasteiger partial charge >= 0.3 is 12.1 Å². The fourth-order valence-corrected chi connectivity index (χ4v) is 0.614. The van der Waals surface area contributed by atoms with Crippen LogP contribution >= 0.6 is 0 Å². The SMILES string of the molecule is OCC(O)COCCC(F)(F)C(F)(F)F. The molecule has 0 bridgehead atoms. The van der Waals surface area contributed by atoms with Crippen LogP contribution in [0.25, 0.3) is 0 Å². The van der Waals surface area contributed by atoms with Crippen LogP contribution < -0.4 is 0 Å². The molecule has 8 heteroatoms. The standard InChI is InChI=1S/C7H11F5O3/c8-6(9,7(10,11)12)1-2-15-4-5(14)3-13/h5,13-14H,1-4H2. The number of hydrogen-bond acceptors (Lipinski definition) is 3. The van der Waals surface area contributed by atoms with Crippen LogP contribution in [0.4, 0.5) is 22.0 Å². The lowest BCUT2D eigenvalue weighted by Gasteiger charge is -2.19. The summed E-state index contributed by atoms with van der Waals surface area (Å²) in [5.74, 6) is -4.79. The Kier molecular flexibility index (Phi) is 5.39. The molecule has 0 spiro atoms. The maximum Gasteiger partial charge on any atom is 0.453 e. The summed E-state index contributed by atoms with van der Waals surface area (Å²) in [5.41, 5.74) is 0. The minimum atomic E-state index is -5.59. The zero-order valence-electron chi connectivity index (χ0n) is 7.60. The molecular weight excluding hydrogens is 227 g/mol. The van der Waals surface area contributed by atoms with Gasteiger partial charge in [0.1, 0.15) is 6.10 Å². The van der Waals surface area contributed by atoms with Gasteiger partial charge in [-0.2, -0.15) is 22.0 Å². The normalized spacial score (nSPS) is 15.4. The van der Waals surface area contributed by atoms with E-state index >= 15 is 0 Å². The summed E-state index contributed by atoms with van der Waals surface area (Å²) in [6.45, 7) is -1.97. The highest BCUT2D eigenvalue weighted by Crippen LogP contribution is 2.37. The van der Waals surface area contributed by atoms with Gasteiger partial charge in [0.2, 0.25) is 0 Å². The molecular formula is C7H11F5O3. The molecule has 0 radical (unpaired) electrons. The molecule has 1 atom stereocenters. The van der Waals surface area contributed by atoms with Crippen molar-refractivity contribution in [3.05, 3.63) is 0 Å². The molecule has 92 valence electrons. The Morgan fingerprint density at radius 1 is 1.13 bits per heavy atom. The molecule has 0 aliphatic carbocycles. The summed E-state index contributed by atoms with van der Waals surface area (Å²) < 4.78 is 63.5. The molecule has 0 fully saturated rings. The highest BCUT2D eigenvalue weighted by Gasteiger charge is 2.56. The molecule has 0 saturated carbocycles. The second-order valence-electron chi connectivity index (χ2n) is 2.86. The van der Waals surface area contributed by atoms with Crippen LogP contribution in [0.2, 0.25) is 0 Å². The lowest BCUT2D eigenvalue weighted by atomic mass is 10.2. The number of aliphatic hydroxyl groups is 2. The van der Waals surface area contributed by atoms with E-state index in [4.69, 9.17) is 10.2 Å². The van der Waals surface area contributed by atoms with Crippen molar-refractivity contribution in [2.45, 2.75) is 24.6 Å². The third kappa shape index (κ3) is 5.24. The van der Waals surface area contributed by atoms with E-state index in [1.807, 2.05) is 0 Å². The van der Waals surface area contributed by atoms with E-state index in [1.54, 1.807) is 0 Å². The van der Waals surface area contributed by atoms with Gasteiger partial charge in [0.05, 0.1) is 19.8 Å². The predicted molar refractivity (Wildman–Crippen MR) is 39.5 cm³/mol. The maximum absolute atomic E-state index is 12.2. The number of aliphatic hydroxyl groups excluding tert-OH is 2. The van der Waals surface area contributed by atoms with Crippen molar-refractivity contribution in [2.24, 2.45) is 0 Å². The van der Waals surface area contributed by atoms with Crippen molar-refractivity contribution in [2.75, 3.05) is 19.8 Å². The summed E-state index contributed by atoms with van der Waals surface area (Å²) in [5, 5.41) is 16.9. The van der Waals surface area contributed by atoms with Gasteiger partial charge in [-0.25, -0.2) is 0 Å². The van der Waals surface area contributed by atoms with Crippen LogP contribution in [0, 0.1) is 0 Å². The van der Waals surface area contributed by atoms with E-state index in [1.165, 1.54) is 0 Å². The zero-order valence-corrected chi connectivity index (χ0v) is 7.60. The zero-order chi connectivity index (χ0) is 12.1. The first-order chi connectivity index (χ1) is 6.70. The maximum atomic E-state index is 12.2. The highest BCUT2D eigenvalue weighted by molar-refractivity contribution is 4.75. The average molecular weight is 238 g/mol. The second-order valence-corrected chi connectivity index (χ2v) is 2.86. The van der Waals surface area contributed by atoms with Gasteiger partial charge < -0.3 is 14.9 Å². The van der Waals surface area contributed by atoms with Gasteiger partial charge in [-0.1, -0.05) is 0 Å². The first-order valence-corrected chi connectivity index (χ1v) is 4.02. The fraction of sp³-hybridized carbons (Fsp3) is 1.00. The molecule has 0 aliphatic rings. The highest BCUT2D eigenvalue weighted by atomic mass is 19.4. The predicted octanol–water partition coefficient (Wildman–Crippen LogP) is 0.944. The molecule has 0 aliphatic heterocycles. The Morgan fingerprint density at radius 3 is 2.07 bits per heavy atom. The van der Waals surface area contributed by atoms with Crippen molar-refractivity contribution >= 4 is 0 Å². The summed E-state index contributed by atoms with van der Waals surface area (Å²) in [6.07, 6.45) is -8.37. The second kappa shape index (κ2) is 5.57. The summed E-state index contributed by atoms with van der Waals surface area (Å²) in [4.78, 5) is 0. The van der Waals surface area contributed by atoms with Crippen LogP contribution in [-0.2, 0) is 4.74 Å². The Bertz CT molecular complexity index is 182. The molecule has 15 heavy (non-hydrogen) atoms. The number of halogens is 5. The van der Waals surface area contributed by atoms with E-state index in [0.29, 0.717) is 0 Å². The third-order valence-corrected chi connectivity index (χ3v) is 1.50. The summed E-state index contributed by atoms with van der Waals surface area (Å²) in [7, 11) is 0. The minimum absolute atomic E-state index is 0.482. The summed E-state index contributed by atoms with van der Waals surface area (Å²) >= 11 is 0. The van der Waals surface area contributed by atoms with Crippen molar-refractivity contribution < 1.29 is 36.9 Å². The Hall–Kier alpha value is -0.470. The molecule has 0 amide bonds. The first-order valence-electron chi connectivity index (χ1n) is 4.02. The quantitative estimate of drug-likeness (QED) is 0.535. The van der Waals surface area contributed by atoms with E-state index in [2.05, 4.69) is 4.74 Å². The number of alkyl halides is 5. The van der Waals surface area contributed by atoms with Crippen LogP contribution in [0.1, 0.15) is 6.42 Å². The molecule has 0 saturated heterocycles. The molecule has 2 N–H and O–H groups in total. The van der Waals surface area contributed by atoms with Gasteiger partial charge in [-0.3, -0.25) is 0 Å². The number of hydrogen-bond donors (Lipinski definition) is 2. The molecule has 1 unspecified atom stereocenters. The number of ether oxygens (including phenoxy) is 1. The lowest BCUT2D eigenvalue weighted by molar-refractivity contribution is -0.287. The van der Waals surface area contributed by atoms with E-state index < -0.39 is 44.4 Å². The van der Waals surface area contributed by atoms with Gasteiger partial charge in [-0.15, -0.1) is 0 Å². The van der Waals surface area contributed by atoms with Crippen molar-refractivity contribution in [1.29, 1.82) is 0 Å².